The zero-order valence-corrected chi connectivity index (χ0v) is 11.6. The van der Waals surface area contributed by atoms with E-state index in [0.29, 0.717) is 12.1 Å². The molecule has 0 aliphatic carbocycles. The minimum atomic E-state index is -3.60. The number of hydrogen-bond donors (Lipinski definition) is 2. The topological polar surface area (TPSA) is 75.4 Å². The van der Waals surface area contributed by atoms with Gasteiger partial charge in [0.2, 0.25) is 10.0 Å². The summed E-state index contributed by atoms with van der Waals surface area (Å²) in [7, 11) is -3.60. The maximum absolute atomic E-state index is 11.2. The largest absolute Gasteiger partial charge is 0.370 e. The lowest BCUT2D eigenvalue weighted by Gasteiger charge is -2.26. The van der Waals surface area contributed by atoms with E-state index in [0.717, 1.165) is 25.2 Å². The van der Waals surface area contributed by atoms with Crippen molar-refractivity contribution in [3.63, 3.8) is 0 Å². The molecule has 0 radical (unpaired) electrons. The summed E-state index contributed by atoms with van der Waals surface area (Å²) in [5.74, 6) is 0. The highest BCUT2D eigenvalue weighted by Gasteiger charge is 2.29. The molecule has 6 heteroatoms. The molecule has 1 aromatic carbocycles. The molecule has 104 valence electrons. The Bertz CT molecular complexity index is 556. The van der Waals surface area contributed by atoms with Crippen molar-refractivity contribution in [1.82, 2.24) is 5.32 Å². The van der Waals surface area contributed by atoms with Crippen molar-refractivity contribution in [2.45, 2.75) is 36.2 Å². The molecule has 2 unspecified atom stereocenters. The third kappa shape index (κ3) is 2.75. The number of nitrogens with two attached hydrogens (primary N) is 1. The Hall–Kier alpha value is -1.11. The van der Waals surface area contributed by atoms with Gasteiger partial charge in [0.1, 0.15) is 0 Å². The predicted octanol–water partition coefficient (Wildman–Crippen LogP) is 0.665. The highest BCUT2D eigenvalue weighted by molar-refractivity contribution is 7.89. The fourth-order valence-electron chi connectivity index (χ4n) is 3.02. The summed E-state index contributed by atoms with van der Waals surface area (Å²) in [4.78, 5) is 2.50. The molecular weight excluding hydrogens is 262 g/mol. The number of primary sulfonamides is 1. The van der Waals surface area contributed by atoms with Crippen molar-refractivity contribution in [3.05, 3.63) is 24.3 Å². The summed E-state index contributed by atoms with van der Waals surface area (Å²) in [6, 6.07) is 8.07. The van der Waals surface area contributed by atoms with Crippen LogP contribution in [0.25, 0.3) is 0 Å². The maximum Gasteiger partial charge on any atom is 0.238 e. The number of rotatable bonds is 2. The Kier molecular flexibility index (Phi) is 3.24. The van der Waals surface area contributed by atoms with Gasteiger partial charge in [-0.2, -0.15) is 0 Å². The molecule has 2 bridgehead atoms. The van der Waals surface area contributed by atoms with Gasteiger partial charge < -0.3 is 10.2 Å². The molecule has 2 aliphatic heterocycles. The summed E-state index contributed by atoms with van der Waals surface area (Å²) in [5.41, 5.74) is 1.07. The molecule has 2 fully saturated rings. The van der Waals surface area contributed by atoms with Crippen LogP contribution in [0.5, 0.6) is 0 Å². The van der Waals surface area contributed by atoms with Crippen LogP contribution in [-0.2, 0) is 10.0 Å². The Labute approximate surface area is 113 Å². The van der Waals surface area contributed by atoms with Crippen molar-refractivity contribution < 1.29 is 8.42 Å². The van der Waals surface area contributed by atoms with Crippen LogP contribution >= 0.6 is 0 Å². The van der Waals surface area contributed by atoms with Crippen molar-refractivity contribution in [3.8, 4) is 0 Å². The smallest absolute Gasteiger partial charge is 0.238 e. The van der Waals surface area contributed by atoms with Crippen LogP contribution in [0.1, 0.15) is 19.3 Å². The number of anilines is 1. The molecular formula is C13H19N3O2S. The molecule has 0 spiro atoms. The van der Waals surface area contributed by atoms with Gasteiger partial charge in [-0.05, 0) is 43.5 Å². The van der Waals surface area contributed by atoms with Crippen LogP contribution in [0.2, 0.25) is 0 Å². The lowest BCUT2D eigenvalue weighted by Crippen LogP contribution is -2.35. The minimum absolute atomic E-state index is 0.172. The van der Waals surface area contributed by atoms with Crippen LogP contribution in [0.3, 0.4) is 0 Å². The normalized spacial score (nSPS) is 27.3. The summed E-state index contributed by atoms with van der Waals surface area (Å²) in [6.45, 7) is 2.01. The average Bonchev–Trinajstić information content (AvgIpc) is 2.68. The van der Waals surface area contributed by atoms with E-state index in [9.17, 15) is 8.42 Å². The second-order valence-corrected chi connectivity index (χ2v) is 6.97. The van der Waals surface area contributed by atoms with Crippen LogP contribution in [0.4, 0.5) is 5.69 Å². The van der Waals surface area contributed by atoms with Gasteiger partial charge in [-0.1, -0.05) is 0 Å². The van der Waals surface area contributed by atoms with E-state index in [1.54, 1.807) is 12.1 Å². The second-order valence-electron chi connectivity index (χ2n) is 5.41. The average molecular weight is 281 g/mol. The number of sulfonamides is 1. The highest BCUT2D eigenvalue weighted by Crippen LogP contribution is 2.25. The molecule has 2 atom stereocenters. The zero-order valence-electron chi connectivity index (χ0n) is 10.7. The fourth-order valence-corrected chi connectivity index (χ4v) is 3.54. The molecule has 0 aromatic heterocycles. The van der Waals surface area contributed by atoms with Crippen molar-refractivity contribution in [2.75, 3.05) is 18.0 Å². The molecule has 19 heavy (non-hydrogen) atoms. The third-order valence-electron chi connectivity index (χ3n) is 4.05. The minimum Gasteiger partial charge on any atom is -0.370 e. The van der Waals surface area contributed by atoms with E-state index in [2.05, 4.69) is 10.2 Å². The number of fused-ring (bicyclic) bond motifs is 2. The molecule has 0 amide bonds. The van der Waals surface area contributed by atoms with Gasteiger partial charge in [0.15, 0.2) is 0 Å². The van der Waals surface area contributed by atoms with Crippen molar-refractivity contribution in [1.29, 1.82) is 0 Å². The van der Waals surface area contributed by atoms with E-state index in [-0.39, 0.29) is 4.90 Å². The van der Waals surface area contributed by atoms with E-state index in [1.165, 1.54) is 12.8 Å². The standard InChI is InChI=1S/C13H19N3O2S/c14-19(17,18)13-5-3-12(4-6-13)16-8-7-10-1-2-11(9-16)15-10/h3-6,10-11,15H,1-2,7-9H2,(H2,14,17,18). The van der Waals surface area contributed by atoms with Gasteiger partial charge >= 0.3 is 0 Å². The van der Waals surface area contributed by atoms with Crippen LogP contribution in [0, 0.1) is 0 Å². The van der Waals surface area contributed by atoms with Crippen LogP contribution in [-0.4, -0.2) is 33.6 Å². The molecule has 2 heterocycles. The first-order valence-electron chi connectivity index (χ1n) is 6.66. The van der Waals surface area contributed by atoms with Gasteiger partial charge in [0.05, 0.1) is 4.90 Å². The first-order chi connectivity index (χ1) is 9.02. The molecule has 2 saturated heterocycles. The molecule has 3 rings (SSSR count). The Balaban J connectivity index is 1.79. The number of benzene rings is 1. The number of nitrogens with zero attached hydrogens (tertiary/aromatic N) is 1. The predicted molar refractivity (Wildman–Crippen MR) is 74.6 cm³/mol. The van der Waals surface area contributed by atoms with Gasteiger partial charge in [-0.15, -0.1) is 0 Å². The quantitative estimate of drug-likeness (QED) is 0.835. The van der Waals surface area contributed by atoms with E-state index < -0.39 is 10.0 Å². The highest BCUT2D eigenvalue weighted by atomic mass is 32.2. The van der Waals surface area contributed by atoms with Crippen molar-refractivity contribution in [2.24, 2.45) is 5.14 Å². The molecule has 1 aromatic rings. The summed E-state index contributed by atoms with van der Waals surface area (Å²) in [6.07, 6.45) is 3.66. The maximum atomic E-state index is 11.2. The first kappa shape index (κ1) is 12.9. The fraction of sp³-hybridized carbons (Fsp3) is 0.538. The van der Waals surface area contributed by atoms with E-state index in [1.807, 2.05) is 12.1 Å². The van der Waals surface area contributed by atoms with Gasteiger partial charge in [0.25, 0.3) is 0 Å². The monoisotopic (exact) mass is 281 g/mol. The number of nitrogens with one attached hydrogen (secondary N) is 1. The molecule has 2 aliphatic rings. The Morgan fingerprint density at radius 2 is 1.79 bits per heavy atom. The summed E-state index contributed by atoms with van der Waals surface area (Å²) in [5, 5.41) is 8.74. The molecule has 3 N–H and O–H groups in total. The summed E-state index contributed by atoms with van der Waals surface area (Å²) >= 11 is 0. The molecule has 0 saturated carbocycles. The lowest BCUT2D eigenvalue weighted by atomic mass is 10.1. The van der Waals surface area contributed by atoms with Crippen LogP contribution < -0.4 is 15.4 Å². The lowest BCUT2D eigenvalue weighted by molar-refractivity contribution is 0.563. The van der Waals surface area contributed by atoms with Crippen molar-refractivity contribution >= 4 is 15.7 Å². The number of hydrogen-bond acceptors (Lipinski definition) is 4. The SMILES string of the molecule is NS(=O)(=O)c1ccc(N2CCC3CCC(C2)N3)cc1. The zero-order chi connectivity index (χ0) is 13.5. The Morgan fingerprint density at radius 3 is 2.47 bits per heavy atom. The summed E-state index contributed by atoms with van der Waals surface area (Å²) < 4.78 is 22.5. The second kappa shape index (κ2) is 4.77. The van der Waals surface area contributed by atoms with E-state index >= 15 is 0 Å². The third-order valence-corrected chi connectivity index (χ3v) is 4.98. The van der Waals surface area contributed by atoms with Crippen LogP contribution in [0.15, 0.2) is 29.2 Å². The van der Waals surface area contributed by atoms with E-state index in [4.69, 9.17) is 5.14 Å². The Morgan fingerprint density at radius 1 is 1.11 bits per heavy atom. The first-order valence-corrected chi connectivity index (χ1v) is 8.21. The molecule has 5 nitrogen and oxygen atoms in total. The van der Waals surface area contributed by atoms with Gasteiger partial charge in [0, 0.05) is 30.9 Å². The van der Waals surface area contributed by atoms with Gasteiger partial charge in [-0.3, -0.25) is 0 Å². The van der Waals surface area contributed by atoms with Gasteiger partial charge in [-0.25, -0.2) is 13.6 Å².